The largest absolute Gasteiger partial charge is 0.360 e. The highest BCUT2D eigenvalue weighted by atomic mass is 35.5. The molecule has 0 spiro atoms. The molecule has 0 bridgehead atoms. The standard InChI is InChI=1S/C24H23ClFN3O2/c1-29(14-15-2-5-17(25)6-3-15)24(31)21-13-28-22-7-4-16(11-20(22)23(21)30)10-19-12-18(26)8-9-27-19/h2-8,11,13,19,27H,9-10,12,14H2,1H3,(H,28,30). The van der Waals surface area contributed by atoms with Crippen LogP contribution in [0.2, 0.25) is 5.02 Å². The summed E-state index contributed by atoms with van der Waals surface area (Å²) in [5.74, 6) is -0.469. The number of fused-ring (bicyclic) bond motifs is 1. The van der Waals surface area contributed by atoms with Crippen LogP contribution in [0.3, 0.4) is 0 Å². The van der Waals surface area contributed by atoms with Crippen molar-refractivity contribution in [1.82, 2.24) is 15.2 Å². The van der Waals surface area contributed by atoms with Crippen molar-refractivity contribution in [3.63, 3.8) is 0 Å². The Balaban J connectivity index is 1.57. The average molecular weight is 440 g/mol. The molecule has 1 amide bonds. The third-order valence-electron chi connectivity index (χ3n) is 5.51. The summed E-state index contributed by atoms with van der Waals surface area (Å²) >= 11 is 5.91. The average Bonchev–Trinajstić information content (AvgIpc) is 2.75. The Morgan fingerprint density at radius 3 is 2.68 bits per heavy atom. The lowest BCUT2D eigenvalue weighted by Crippen LogP contribution is -2.34. The highest BCUT2D eigenvalue weighted by Gasteiger charge is 2.19. The van der Waals surface area contributed by atoms with E-state index in [1.807, 2.05) is 24.3 Å². The summed E-state index contributed by atoms with van der Waals surface area (Å²) in [5, 5.41) is 4.34. The topological polar surface area (TPSA) is 65.2 Å². The first-order valence-corrected chi connectivity index (χ1v) is 10.5. The number of halogens is 2. The fourth-order valence-corrected chi connectivity index (χ4v) is 3.97. The van der Waals surface area contributed by atoms with E-state index in [2.05, 4.69) is 10.3 Å². The van der Waals surface area contributed by atoms with Crippen LogP contribution in [-0.4, -0.2) is 35.4 Å². The third-order valence-corrected chi connectivity index (χ3v) is 5.76. The van der Waals surface area contributed by atoms with Crippen molar-refractivity contribution >= 4 is 28.4 Å². The number of carbonyl (C=O) groups is 1. The molecule has 0 radical (unpaired) electrons. The Bertz CT molecular complexity index is 1200. The zero-order chi connectivity index (χ0) is 22.0. The monoisotopic (exact) mass is 439 g/mol. The maximum absolute atomic E-state index is 13.6. The second-order valence-corrected chi connectivity index (χ2v) is 8.30. The molecule has 0 saturated carbocycles. The van der Waals surface area contributed by atoms with Gasteiger partial charge in [0.15, 0.2) is 0 Å². The van der Waals surface area contributed by atoms with E-state index in [9.17, 15) is 14.0 Å². The Kier molecular flexibility index (Phi) is 6.20. The number of rotatable bonds is 5. The van der Waals surface area contributed by atoms with Crippen LogP contribution in [0, 0.1) is 0 Å². The number of carbonyl (C=O) groups excluding carboxylic acids is 1. The number of pyridine rings is 1. The van der Waals surface area contributed by atoms with Gasteiger partial charge in [-0.15, -0.1) is 0 Å². The van der Waals surface area contributed by atoms with Crippen molar-refractivity contribution in [3.8, 4) is 0 Å². The molecule has 1 aliphatic heterocycles. The molecule has 5 nitrogen and oxygen atoms in total. The highest BCUT2D eigenvalue weighted by molar-refractivity contribution is 6.30. The van der Waals surface area contributed by atoms with Crippen LogP contribution in [0.5, 0.6) is 0 Å². The molecule has 2 N–H and O–H groups in total. The minimum Gasteiger partial charge on any atom is -0.360 e. The zero-order valence-corrected chi connectivity index (χ0v) is 17.9. The number of hydrogen-bond acceptors (Lipinski definition) is 3. The number of aromatic nitrogens is 1. The Morgan fingerprint density at radius 2 is 1.94 bits per heavy atom. The van der Waals surface area contributed by atoms with Crippen LogP contribution in [0.25, 0.3) is 10.9 Å². The first-order chi connectivity index (χ1) is 14.9. The second kappa shape index (κ2) is 9.04. The van der Waals surface area contributed by atoms with E-state index in [0.29, 0.717) is 41.9 Å². The van der Waals surface area contributed by atoms with Gasteiger partial charge >= 0.3 is 0 Å². The normalized spacial score (nSPS) is 16.2. The predicted molar refractivity (Wildman–Crippen MR) is 121 cm³/mol. The molecular formula is C24H23ClFN3O2. The lowest BCUT2D eigenvalue weighted by molar-refractivity contribution is 0.0783. The fourth-order valence-electron chi connectivity index (χ4n) is 3.85. The lowest BCUT2D eigenvalue weighted by Gasteiger charge is -2.21. The summed E-state index contributed by atoms with van der Waals surface area (Å²) in [5.41, 5.74) is 2.27. The molecule has 1 aromatic heterocycles. The molecule has 31 heavy (non-hydrogen) atoms. The second-order valence-electron chi connectivity index (χ2n) is 7.86. The molecule has 160 valence electrons. The van der Waals surface area contributed by atoms with E-state index in [1.165, 1.54) is 11.1 Å². The van der Waals surface area contributed by atoms with Crippen LogP contribution in [-0.2, 0) is 13.0 Å². The van der Waals surface area contributed by atoms with Gasteiger partial charge in [-0.25, -0.2) is 4.39 Å². The summed E-state index contributed by atoms with van der Waals surface area (Å²) in [6.45, 7) is 0.864. The Morgan fingerprint density at radius 1 is 1.19 bits per heavy atom. The van der Waals surface area contributed by atoms with Crippen LogP contribution >= 0.6 is 11.6 Å². The van der Waals surface area contributed by atoms with Gasteiger partial charge in [-0.3, -0.25) is 9.59 Å². The molecule has 3 aromatic rings. The van der Waals surface area contributed by atoms with Crippen LogP contribution < -0.4 is 10.7 Å². The molecule has 7 heteroatoms. The van der Waals surface area contributed by atoms with E-state index in [1.54, 1.807) is 31.3 Å². The van der Waals surface area contributed by atoms with Gasteiger partial charge in [0.05, 0.1) is 5.83 Å². The molecule has 1 aliphatic rings. The minimum absolute atomic E-state index is 0.0168. The van der Waals surface area contributed by atoms with Crippen molar-refractivity contribution in [3.05, 3.63) is 92.5 Å². The third kappa shape index (κ3) is 4.86. The maximum Gasteiger partial charge on any atom is 0.259 e. The first-order valence-electron chi connectivity index (χ1n) is 10.1. The summed E-state index contributed by atoms with van der Waals surface area (Å²) in [6, 6.07) is 12.8. The molecule has 4 rings (SSSR count). The molecule has 1 atom stereocenters. The number of aromatic amines is 1. The van der Waals surface area contributed by atoms with Crippen molar-refractivity contribution < 1.29 is 9.18 Å². The van der Waals surface area contributed by atoms with Crippen molar-refractivity contribution in [2.24, 2.45) is 0 Å². The van der Waals surface area contributed by atoms with Gasteiger partial charge in [-0.2, -0.15) is 0 Å². The molecule has 0 saturated heterocycles. The van der Waals surface area contributed by atoms with Crippen LogP contribution in [0.4, 0.5) is 4.39 Å². The molecule has 0 aliphatic carbocycles. The molecule has 1 unspecified atom stereocenters. The molecule has 0 fully saturated rings. The van der Waals surface area contributed by atoms with Crippen molar-refractivity contribution in [2.75, 3.05) is 13.6 Å². The Labute approximate surface area is 184 Å². The van der Waals surface area contributed by atoms with Gasteiger partial charge in [0.2, 0.25) is 5.43 Å². The SMILES string of the molecule is CN(Cc1ccc(Cl)cc1)C(=O)c1c[nH]c2ccc(CC3CC(F)=CCN3)cc2c1=O. The van der Waals surface area contributed by atoms with E-state index < -0.39 is 0 Å². The van der Waals surface area contributed by atoms with Crippen LogP contribution in [0.15, 0.2) is 65.4 Å². The summed E-state index contributed by atoms with van der Waals surface area (Å²) < 4.78 is 13.6. The Hall–Kier alpha value is -2.96. The summed E-state index contributed by atoms with van der Waals surface area (Å²) in [4.78, 5) is 30.6. The fraction of sp³-hybridized carbons (Fsp3) is 0.250. The summed E-state index contributed by atoms with van der Waals surface area (Å²) in [6.07, 6.45) is 3.95. The number of amides is 1. The number of benzene rings is 2. The quantitative estimate of drug-likeness (QED) is 0.625. The van der Waals surface area contributed by atoms with Crippen molar-refractivity contribution in [1.29, 1.82) is 0 Å². The van der Waals surface area contributed by atoms with E-state index in [-0.39, 0.29) is 28.8 Å². The number of hydrogen-bond donors (Lipinski definition) is 2. The predicted octanol–water partition coefficient (Wildman–Crippen LogP) is 4.21. The van der Waals surface area contributed by atoms with E-state index in [4.69, 9.17) is 11.6 Å². The lowest BCUT2D eigenvalue weighted by atomic mass is 9.98. The molecule has 2 heterocycles. The number of H-pyrrole nitrogens is 1. The van der Waals surface area contributed by atoms with Gasteiger partial charge in [0.1, 0.15) is 5.56 Å². The molecular weight excluding hydrogens is 417 g/mol. The van der Waals surface area contributed by atoms with Gasteiger partial charge in [-0.1, -0.05) is 29.8 Å². The smallest absolute Gasteiger partial charge is 0.259 e. The minimum atomic E-state index is -0.357. The first kappa shape index (κ1) is 21.3. The van der Waals surface area contributed by atoms with Gasteiger partial charge in [0.25, 0.3) is 5.91 Å². The number of nitrogens with zero attached hydrogens (tertiary/aromatic N) is 1. The van der Waals surface area contributed by atoms with Gasteiger partial charge in [-0.05, 0) is 47.9 Å². The maximum atomic E-state index is 13.6. The van der Waals surface area contributed by atoms with Crippen molar-refractivity contribution in [2.45, 2.75) is 25.4 Å². The van der Waals surface area contributed by atoms with Crippen LogP contribution in [0.1, 0.15) is 27.9 Å². The summed E-state index contributed by atoms with van der Waals surface area (Å²) in [7, 11) is 1.66. The zero-order valence-electron chi connectivity index (χ0n) is 17.1. The van der Waals surface area contributed by atoms with Gasteiger partial charge < -0.3 is 15.2 Å². The molecule has 2 aromatic carbocycles. The van der Waals surface area contributed by atoms with Gasteiger partial charge in [0, 0.05) is 54.7 Å². The highest BCUT2D eigenvalue weighted by Crippen LogP contribution is 2.18. The number of nitrogens with one attached hydrogen (secondary N) is 2. The van der Waals surface area contributed by atoms with E-state index in [0.717, 1.165) is 11.1 Å². The van der Waals surface area contributed by atoms with E-state index >= 15 is 0 Å².